The SMILES string of the molecule is Cn1cc(CNc2ccc3[nH]c(=O)[nH]c3c2)c(C(C)(C)C)n1. The quantitative estimate of drug-likeness (QED) is 0.695. The Balaban J connectivity index is 1.83. The van der Waals surface area contributed by atoms with E-state index < -0.39 is 0 Å². The summed E-state index contributed by atoms with van der Waals surface area (Å²) in [6, 6.07) is 5.78. The van der Waals surface area contributed by atoms with E-state index in [1.165, 1.54) is 5.56 Å². The number of hydrogen-bond acceptors (Lipinski definition) is 3. The largest absolute Gasteiger partial charge is 0.381 e. The molecule has 0 aliphatic rings. The smallest absolute Gasteiger partial charge is 0.323 e. The molecule has 116 valence electrons. The van der Waals surface area contributed by atoms with Crippen LogP contribution in [0.5, 0.6) is 0 Å². The van der Waals surface area contributed by atoms with Gasteiger partial charge in [0.15, 0.2) is 0 Å². The summed E-state index contributed by atoms with van der Waals surface area (Å²) in [5.41, 5.74) is 4.68. The molecule has 3 rings (SSSR count). The summed E-state index contributed by atoms with van der Waals surface area (Å²) >= 11 is 0. The number of aromatic amines is 2. The van der Waals surface area contributed by atoms with Crippen LogP contribution >= 0.6 is 0 Å². The van der Waals surface area contributed by atoms with E-state index in [0.717, 1.165) is 22.4 Å². The molecule has 1 aromatic carbocycles. The lowest BCUT2D eigenvalue weighted by atomic mass is 9.89. The third kappa shape index (κ3) is 2.77. The molecular weight excluding hydrogens is 278 g/mol. The van der Waals surface area contributed by atoms with Gasteiger partial charge in [-0.3, -0.25) is 4.68 Å². The van der Waals surface area contributed by atoms with E-state index in [1.807, 2.05) is 36.1 Å². The number of aryl methyl sites for hydroxylation is 1. The first-order valence-corrected chi connectivity index (χ1v) is 7.32. The minimum atomic E-state index is -0.186. The van der Waals surface area contributed by atoms with Gasteiger partial charge in [-0.15, -0.1) is 0 Å². The van der Waals surface area contributed by atoms with E-state index in [9.17, 15) is 4.79 Å². The predicted octanol–water partition coefficient (Wildman–Crippen LogP) is 2.50. The second kappa shape index (κ2) is 5.05. The maximum Gasteiger partial charge on any atom is 0.323 e. The van der Waals surface area contributed by atoms with Crippen molar-refractivity contribution in [2.24, 2.45) is 7.05 Å². The van der Waals surface area contributed by atoms with Crippen molar-refractivity contribution in [1.82, 2.24) is 19.7 Å². The van der Waals surface area contributed by atoms with Gasteiger partial charge >= 0.3 is 5.69 Å². The molecule has 0 atom stereocenters. The van der Waals surface area contributed by atoms with Crippen molar-refractivity contribution in [3.63, 3.8) is 0 Å². The van der Waals surface area contributed by atoms with Gasteiger partial charge in [0.1, 0.15) is 0 Å². The standard InChI is InChI=1S/C16H21N5O/c1-16(2,3)14-10(9-21(4)20-14)8-17-11-5-6-12-13(7-11)19-15(22)18-12/h5-7,9,17H,8H2,1-4H3,(H2,18,19,22). The van der Waals surface area contributed by atoms with Crippen LogP contribution in [-0.2, 0) is 19.0 Å². The summed E-state index contributed by atoms with van der Waals surface area (Å²) in [5.74, 6) is 0. The van der Waals surface area contributed by atoms with Crippen LogP contribution in [0.4, 0.5) is 5.69 Å². The molecule has 3 N–H and O–H groups in total. The van der Waals surface area contributed by atoms with Crippen LogP contribution < -0.4 is 11.0 Å². The van der Waals surface area contributed by atoms with Gasteiger partial charge in [0.2, 0.25) is 0 Å². The van der Waals surface area contributed by atoms with E-state index in [4.69, 9.17) is 0 Å². The Morgan fingerprint density at radius 1 is 1.23 bits per heavy atom. The first-order valence-electron chi connectivity index (χ1n) is 7.32. The second-order valence-corrected chi connectivity index (χ2v) is 6.62. The first-order chi connectivity index (χ1) is 10.3. The van der Waals surface area contributed by atoms with Crippen LogP contribution in [0, 0.1) is 0 Å². The Morgan fingerprint density at radius 2 is 1.95 bits per heavy atom. The zero-order valence-electron chi connectivity index (χ0n) is 13.3. The number of aromatic nitrogens is 4. The number of nitrogens with one attached hydrogen (secondary N) is 3. The van der Waals surface area contributed by atoms with Gasteiger partial charge in [0.25, 0.3) is 0 Å². The molecule has 2 aromatic heterocycles. The van der Waals surface area contributed by atoms with Crippen LogP contribution in [0.2, 0.25) is 0 Å². The molecule has 0 radical (unpaired) electrons. The Bertz CT molecular complexity index is 863. The maximum atomic E-state index is 11.3. The molecule has 0 amide bonds. The van der Waals surface area contributed by atoms with Crippen LogP contribution in [0.15, 0.2) is 29.2 Å². The normalized spacial score (nSPS) is 12.0. The molecule has 0 aliphatic carbocycles. The van der Waals surface area contributed by atoms with Gasteiger partial charge in [-0.25, -0.2) is 4.79 Å². The number of benzene rings is 1. The van der Waals surface area contributed by atoms with Gasteiger partial charge in [0.05, 0.1) is 16.7 Å². The minimum absolute atomic E-state index is 0.00804. The summed E-state index contributed by atoms with van der Waals surface area (Å²) in [5, 5.41) is 7.97. The number of fused-ring (bicyclic) bond motifs is 1. The Hall–Kier alpha value is -2.50. The molecule has 6 heteroatoms. The van der Waals surface area contributed by atoms with E-state index in [0.29, 0.717) is 6.54 Å². The Labute approximate surface area is 128 Å². The van der Waals surface area contributed by atoms with E-state index in [-0.39, 0.29) is 11.1 Å². The highest BCUT2D eigenvalue weighted by Gasteiger charge is 2.21. The van der Waals surface area contributed by atoms with Crippen LogP contribution in [0.3, 0.4) is 0 Å². The van der Waals surface area contributed by atoms with E-state index in [2.05, 4.69) is 41.2 Å². The fourth-order valence-electron chi connectivity index (χ4n) is 2.64. The predicted molar refractivity (Wildman–Crippen MR) is 88.2 cm³/mol. The molecule has 2 heterocycles. The highest BCUT2D eigenvalue weighted by molar-refractivity contribution is 5.78. The summed E-state index contributed by atoms with van der Waals surface area (Å²) in [6.07, 6.45) is 2.05. The number of hydrogen-bond donors (Lipinski definition) is 3. The summed E-state index contributed by atoms with van der Waals surface area (Å²) in [6.45, 7) is 7.18. The second-order valence-electron chi connectivity index (χ2n) is 6.62. The molecule has 0 bridgehead atoms. The Morgan fingerprint density at radius 3 is 2.68 bits per heavy atom. The van der Waals surface area contributed by atoms with Crippen molar-refractivity contribution in [2.45, 2.75) is 32.7 Å². The average Bonchev–Trinajstić information content (AvgIpc) is 2.97. The monoisotopic (exact) mass is 299 g/mol. The summed E-state index contributed by atoms with van der Waals surface area (Å²) < 4.78 is 1.85. The van der Waals surface area contributed by atoms with Crippen LogP contribution in [0.25, 0.3) is 11.0 Å². The Kier molecular flexibility index (Phi) is 3.31. The molecule has 0 aliphatic heterocycles. The fourth-order valence-corrected chi connectivity index (χ4v) is 2.64. The van der Waals surface area contributed by atoms with Crippen molar-refractivity contribution in [1.29, 1.82) is 0 Å². The molecule has 3 aromatic rings. The number of imidazole rings is 1. The maximum absolute atomic E-state index is 11.3. The van der Waals surface area contributed by atoms with Crippen molar-refractivity contribution < 1.29 is 0 Å². The summed E-state index contributed by atoms with van der Waals surface area (Å²) in [7, 11) is 1.94. The number of H-pyrrole nitrogens is 2. The fraction of sp³-hybridized carbons (Fsp3) is 0.375. The van der Waals surface area contributed by atoms with Crippen molar-refractivity contribution in [2.75, 3.05) is 5.32 Å². The van der Waals surface area contributed by atoms with Gasteiger partial charge in [-0.1, -0.05) is 20.8 Å². The minimum Gasteiger partial charge on any atom is -0.381 e. The highest BCUT2D eigenvalue weighted by Crippen LogP contribution is 2.25. The van der Waals surface area contributed by atoms with Gasteiger partial charge in [0, 0.05) is 36.5 Å². The number of nitrogens with zero attached hydrogens (tertiary/aromatic N) is 2. The van der Waals surface area contributed by atoms with Crippen molar-refractivity contribution >= 4 is 16.7 Å². The molecule has 0 spiro atoms. The number of rotatable bonds is 3. The van der Waals surface area contributed by atoms with Crippen LogP contribution in [0.1, 0.15) is 32.0 Å². The van der Waals surface area contributed by atoms with Crippen molar-refractivity contribution in [3.05, 3.63) is 46.1 Å². The van der Waals surface area contributed by atoms with Gasteiger partial charge in [-0.2, -0.15) is 5.10 Å². The molecule has 0 saturated carbocycles. The lowest BCUT2D eigenvalue weighted by molar-refractivity contribution is 0.549. The molecule has 0 fully saturated rings. The number of anilines is 1. The third-order valence-corrected chi connectivity index (χ3v) is 3.61. The molecule has 6 nitrogen and oxygen atoms in total. The molecule has 0 unspecified atom stereocenters. The average molecular weight is 299 g/mol. The lowest BCUT2D eigenvalue weighted by Crippen LogP contribution is -2.16. The zero-order valence-corrected chi connectivity index (χ0v) is 13.3. The molecule has 22 heavy (non-hydrogen) atoms. The molecular formula is C16H21N5O. The van der Waals surface area contributed by atoms with E-state index in [1.54, 1.807) is 0 Å². The lowest BCUT2D eigenvalue weighted by Gasteiger charge is -2.18. The third-order valence-electron chi connectivity index (χ3n) is 3.61. The van der Waals surface area contributed by atoms with Gasteiger partial charge < -0.3 is 15.3 Å². The van der Waals surface area contributed by atoms with Gasteiger partial charge in [-0.05, 0) is 18.2 Å². The van der Waals surface area contributed by atoms with E-state index >= 15 is 0 Å². The summed E-state index contributed by atoms with van der Waals surface area (Å²) in [4.78, 5) is 16.8. The molecule has 0 saturated heterocycles. The van der Waals surface area contributed by atoms with Crippen LogP contribution in [-0.4, -0.2) is 19.7 Å². The highest BCUT2D eigenvalue weighted by atomic mass is 16.1. The first kappa shape index (κ1) is 14.4. The van der Waals surface area contributed by atoms with Crippen molar-refractivity contribution in [3.8, 4) is 0 Å². The topological polar surface area (TPSA) is 78.5 Å². The zero-order chi connectivity index (χ0) is 15.9.